The van der Waals surface area contributed by atoms with E-state index in [9.17, 15) is 4.79 Å². The van der Waals surface area contributed by atoms with Crippen LogP contribution in [-0.2, 0) is 9.47 Å². The molecule has 9 heteroatoms. The van der Waals surface area contributed by atoms with Gasteiger partial charge < -0.3 is 19.3 Å². The standard InChI is InChI=1S/C26H27ClN4O3S/c1-18-16-29(25-9-8-24(27)35-25)10-11-30(18)20-4-3-5-21(15-20)31-17-28-22-14-19(6-7-23(22)31)26(32)34-13-12-33-2/h3-9,14-15,17-18H,10-13,16H2,1-2H3. The summed E-state index contributed by atoms with van der Waals surface area (Å²) in [5.74, 6) is -0.376. The van der Waals surface area contributed by atoms with Crippen molar-refractivity contribution in [1.29, 1.82) is 0 Å². The molecule has 2 aromatic heterocycles. The molecule has 0 saturated carbocycles. The zero-order valence-electron chi connectivity index (χ0n) is 19.7. The molecule has 1 aliphatic heterocycles. The molecular weight excluding hydrogens is 484 g/mol. The molecule has 0 radical (unpaired) electrons. The molecule has 0 amide bonds. The number of aromatic nitrogens is 2. The number of piperazine rings is 1. The molecule has 1 atom stereocenters. The van der Waals surface area contributed by atoms with Crippen LogP contribution in [0.2, 0.25) is 4.34 Å². The van der Waals surface area contributed by atoms with Crippen LogP contribution in [0.15, 0.2) is 60.9 Å². The van der Waals surface area contributed by atoms with Crippen LogP contribution in [0.25, 0.3) is 16.7 Å². The number of benzene rings is 2. The van der Waals surface area contributed by atoms with E-state index in [1.54, 1.807) is 36.9 Å². The molecule has 1 unspecified atom stereocenters. The minimum Gasteiger partial charge on any atom is -0.460 e. The van der Waals surface area contributed by atoms with Crippen molar-refractivity contribution in [3.8, 4) is 5.69 Å². The van der Waals surface area contributed by atoms with E-state index in [-0.39, 0.29) is 12.6 Å². The zero-order chi connectivity index (χ0) is 24.4. The van der Waals surface area contributed by atoms with Gasteiger partial charge in [0, 0.05) is 44.2 Å². The molecule has 1 saturated heterocycles. The molecule has 3 heterocycles. The number of hydrogen-bond donors (Lipinski definition) is 0. The number of anilines is 2. The fourth-order valence-corrected chi connectivity index (χ4v) is 5.55. The van der Waals surface area contributed by atoms with Gasteiger partial charge in [-0.25, -0.2) is 9.78 Å². The van der Waals surface area contributed by atoms with Gasteiger partial charge in [0.15, 0.2) is 0 Å². The number of fused-ring (bicyclic) bond motifs is 1. The normalized spacial score (nSPS) is 16.1. The molecule has 0 spiro atoms. The maximum absolute atomic E-state index is 12.3. The number of rotatable bonds is 7. The van der Waals surface area contributed by atoms with E-state index in [2.05, 4.69) is 52.0 Å². The third-order valence-corrected chi connectivity index (χ3v) is 7.53. The van der Waals surface area contributed by atoms with E-state index in [1.807, 2.05) is 16.7 Å². The first kappa shape index (κ1) is 23.7. The molecule has 1 aliphatic rings. The van der Waals surface area contributed by atoms with Crippen molar-refractivity contribution in [2.24, 2.45) is 0 Å². The average Bonchev–Trinajstić information content (AvgIpc) is 3.50. The van der Waals surface area contributed by atoms with Crippen LogP contribution in [0.5, 0.6) is 0 Å². The molecule has 5 rings (SSSR count). The van der Waals surface area contributed by atoms with Gasteiger partial charge in [0.25, 0.3) is 0 Å². The Morgan fingerprint density at radius 1 is 1.11 bits per heavy atom. The molecule has 1 fully saturated rings. The summed E-state index contributed by atoms with van der Waals surface area (Å²) in [6.45, 7) is 5.67. The Labute approximate surface area is 213 Å². The maximum Gasteiger partial charge on any atom is 0.338 e. The van der Waals surface area contributed by atoms with E-state index >= 15 is 0 Å². The van der Waals surface area contributed by atoms with Crippen LogP contribution < -0.4 is 9.80 Å². The second-order valence-corrected chi connectivity index (χ2v) is 10.2. The van der Waals surface area contributed by atoms with Crippen LogP contribution >= 0.6 is 22.9 Å². The van der Waals surface area contributed by atoms with E-state index in [1.165, 1.54) is 10.7 Å². The predicted octanol–water partition coefficient (Wildman–Crippen LogP) is 5.26. The van der Waals surface area contributed by atoms with E-state index in [4.69, 9.17) is 21.1 Å². The summed E-state index contributed by atoms with van der Waals surface area (Å²) in [5, 5.41) is 1.22. The zero-order valence-corrected chi connectivity index (χ0v) is 21.3. The number of thiophene rings is 1. The Hall–Kier alpha value is -3.07. The average molecular weight is 511 g/mol. The van der Waals surface area contributed by atoms with Crippen LogP contribution in [0.3, 0.4) is 0 Å². The number of nitrogens with zero attached hydrogens (tertiary/aromatic N) is 4. The lowest BCUT2D eigenvalue weighted by atomic mass is 10.1. The number of halogens is 1. The van der Waals surface area contributed by atoms with Crippen molar-refractivity contribution < 1.29 is 14.3 Å². The lowest BCUT2D eigenvalue weighted by molar-refractivity contribution is 0.0388. The maximum atomic E-state index is 12.3. The molecule has 2 aromatic carbocycles. The molecule has 4 aromatic rings. The Kier molecular flexibility index (Phi) is 6.95. The number of methoxy groups -OCH3 is 1. The number of carbonyl (C=O) groups is 1. The van der Waals surface area contributed by atoms with E-state index in [0.717, 1.165) is 40.7 Å². The third kappa shape index (κ3) is 5.00. The molecule has 0 N–H and O–H groups in total. The molecule has 0 bridgehead atoms. The first-order valence-electron chi connectivity index (χ1n) is 11.5. The van der Waals surface area contributed by atoms with Crippen LogP contribution in [0.4, 0.5) is 10.7 Å². The predicted molar refractivity (Wildman–Crippen MR) is 142 cm³/mol. The van der Waals surface area contributed by atoms with E-state index < -0.39 is 0 Å². The summed E-state index contributed by atoms with van der Waals surface area (Å²) >= 11 is 7.78. The first-order chi connectivity index (χ1) is 17.0. The van der Waals surface area contributed by atoms with Crippen molar-refractivity contribution in [3.63, 3.8) is 0 Å². The van der Waals surface area contributed by atoms with Crippen molar-refractivity contribution in [2.45, 2.75) is 13.0 Å². The lowest BCUT2D eigenvalue weighted by Crippen LogP contribution is -2.52. The van der Waals surface area contributed by atoms with Crippen molar-refractivity contribution in [2.75, 3.05) is 49.8 Å². The number of carbonyl (C=O) groups excluding carboxylic acids is 1. The Balaban J connectivity index is 1.34. The summed E-state index contributed by atoms with van der Waals surface area (Å²) in [7, 11) is 1.57. The van der Waals surface area contributed by atoms with Crippen molar-refractivity contribution in [1.82, 2.24) is 9.55 Å². The van der Waals surface area contributed by atoms with E-state index in [0.29, 0.717) is 18.2 Å². The second-order valence-electron chi connectivity index (χ2n) is 8.53. The lowest BCUT2D eigenvalue weighted by Gasteiger charge is -2.41. The number of esters is 1. The largest absolute Gasteiger partial charge is 0.460 e. The van der Waals surface area contributed by atoms with Gasteiger partial charge in [-0.1, -0.05) is 17.7 Å². The molecular formula is C26H27ClN4O3S. The minimum atomic E-state index is -0.376. The van der Waals surface area contributed by atoms with Crippen LogP contribution in [-0.4, -0.2) is 61.5 Å². The molecule has 0 aliphatic carbocycles. The van der Waals surface area contributed by atoms with Crippen molar-refractivity contribution in [3.05, 3.63) is 70.8 Å². The van der Waals surface area contributed by atoms with Gasteiger partial charge >= 0.3 is 5.97 Å². The van der Waals surface area contributed by atoms with Gasteiger partial charge in [-0.05, 0) is 55.5 Å². The molecule has 35 heavy (non-hydrogen) atoms. The molecule has 7 nitrogen and oxygen atoms in total. The smallest absolute Gasteiger partial charge is 0.338 e. The highest BCUT2D eigenvalue weighted by molar-refractivity contribution is 7.19. The van der Waals surface area contributed by atoms with Crippen LogP contribution in [0.1, 0.15) is 17.3 Å². The molecule has 182 valence electrons. The van der Waals surface area contributed by atoms with Gasteiger partial charge in [0.1, 0.15) is 12.9 Å². The highest BCUT2D eigenvalue weighted by atomic mass is 35.5. The fourth-order valence-electron chi connectivity index (χ4n) is 4.48. The van der Waals surface area contributed by atoms with Gasteiger partial charge in [-0.2, -0.15) is 0 Å². The number of imidazole rings is 1. The van der Waals surface area contributed by atoms with Gasteiger partial charge in [-0.3, -0.25) is 4.57 Å². The Morgan fingerprint density at radius 3 is 2.74 bits per heavy atom. The highest BCUT2D eigenvalue weighted by Gasteiger charge is 2.25. The topological polar surface area (TPSA) is 59.8 Å². The van der Waals surface area contributed by atoms with Gasteiger partial charge in [-0.15, -0.1) is 11.3 Å². The minimum absolute atomic E-state index is 0.225. The second kappa shape index (κ2) is 10.3. The first-order valence-corrected chi connectivity index (χ1v) is 12.7. The van der Waals surface area contributed by atoms with Gasteiger partial charge in [0.2, 0.25) is 0 Å². The fraction of sp³-hybridized carbons (Fsp3) is 0.308. The highest BCUT2D eigenvalue weighted by Crippen LogP contribution is 2.32. The van der Waals surface area contributed by atoms with Crippen molar-refractivity contribution >= 4 is 50.6 Å². The van der Waals surface area contributed by atoms with Gasteiger partial charge in [0.05, 0.1) is 32.5 Å². The summed E-state index contributed by atoms with van der Waals surface area (Å²) in [6, 6.07) is 18.4. The number of ether oxygens (including phenoxy) is 2. The quantitative estimate of drug-likeness (QED) is 0.250. The summed E-state index contributed by atoms with van der Waals surface area (Å²) in [6.07, 6.45) is 1.80. The summed E-state index contributed by atoms with van der Waals surface area (Å²) in [4.78, 5) is 21.7. The monoisotopic (exact) mass is 510 g/mol. The summed E-state index contributed by atoms with van der Waals surface area (Å²) < 4.78 is 13.0. The Bertz CT molecular complexity index is 1340. The Morgan fingerprint density at radius 2 is 1.97 bits per heavy atom. The summed E-state index contributed by atoms with van der Waals surface area (Å²) in [5.41, 5.74) is 4.36. The SMILES string of the molecule is COCCOC(=O)c1ccc2c(c1)ncn2-c1cccc(N2CCN(c3ccc(Cl)s3)CC2C)c1. The third-order valence-electron chi connectivity index (χ3n) is 6.24. The number of hydrogen-bond acceptors (Lipinski definition) is 7. The van der Waals surface area contributed by atoms with Crippen LogP contribution in [0, 0.1) is 0 Å².